The molecule has 0 atom stereocenters. The molecule has 146 valence electrons. The first-order chi connectivity index (χ1) is 12.8. The van der Waals surface area contributed by atoms with Gasteiger partial charge in [0.15, 0.2) is 5.83 Å². The van der Waals surface area contributed by atoms with Crippen molar-refractivity contribution in [3.63, 3.8) is 0 Å². The second-order valence-electron chi connectivity index (χ2n) is 6.84. The predicted molar refractivity (Wildman–Crippen MR) is 104 cm³/mol. The molecular formula is C22H26F3NO. The number of allylic oxidation sites excluding steroid dienone is 5. The fourth-order valence-electron chi connectivity index (χ4n) is 2.93. The zero-order valence-electron chi connectivity index (χ0n) is 16.1. The number of nitrogens with one attached hydrogen (secondary N) is 1. The highest BCUT2D eigenvalue weighted by molar-refractivity contribution is 6.04. The van der Waals surface area contributed by atoms with Crippen molar-refractivity contribution in [2.45, 2.75) is 46.5 Å². The Balaban J connectivity index is 2.44. The Labute approximate surface area is 158 Å². The molecule has 0 bridgehead atoms. The van der Waals surface area contributed by atoms with Crippen LogP contribution in [0.25, 0.3) is 5.57 Å². The molecule has 1 aromatic carbocycles. The predicted octanol–water partition coefficient (Wildman–Crippen LogP) is 6.74. The third-order valence-electron chi connectivity index (χ3n) is 4.64. The zero-order valence-corrected chi connectivity index (χ0v) is 16.1. The van der Waals surface area contributed by atoms with E-state index < -0.39 is 17.5 Å². The summed E-state index contributed by atoms with van der Waals surface area (Å²) in [5.41, 5.74) is 1.35. The summed E-state index contributed by atoms with van der Waals surface area (Å²) in [6.45, 7) is 9.13. The van der Waals surface area contributed by atoms with Crippen LogP contribution >= 0.6 is 0 Å². The van der Waals surface area contributed by atoms with Crippen LogP contribution < -0.4 is 0 Å². The molecule has 1 aromatic rings. The van der Waals surface area contributed by atoms with Crippen LogP contribution in [0.2, 0.25) is 0 Å². The van der Waals surface area contributed by atoms with E-state index in [9.17, 15) is 8.78 Å². The highest BCUT2D eigenvalue weighted by Gasteiger charge is 2.27. The highest BCUT2D eigenvalue weighted by Crippen LogP contribution is 2.37. The van der Waals surface area contributed by atoms with E-state index in [4.69, 9.17) is 10.1 Å². The summed E-state index contributed by atoms with van der Waals surface area (Å²) in [5, 5.41) is 8.12. The molecule has 0 aromatic heterocycles. The van der Waals surface area contributed by atoms with Gasteiger partial charge in [-0.15, -0.1) is 0 Å². The van der Waals surface area contributed by atoms with Crippen molar-refractivity contribution in [3.8, 4) is 0 Å². The first-order valence-electron chi connectivity index (χ1n) is 9.17. The van der Waals surface area contributed by atoms with Crippen LogP contribution in [0.15, 0.2) is 42.2 Å². The first kappa shape index (κ1) is 21.0. The van der Waals surface area contributed by atoms with E-state index >= 15 is 4.39 Å². The van der Waals surface area contributed by atoms with Crippen molar-refractivity contribution in [3.05, 3.63) is 64.7 Å². The Morgan fingerprint density at radius 2 is 1.93 bits per heavy atom. The van der Waals surface area contributed by atoms with Gasteiger partial charge in [-0.05, 0) is 62.4 Å². The molecule has 1 aliphatic rings. The molecule has 1 N–H and O–H groups in total. The summed E-state index contributed by atoms with van der Waals surface area (Å²) in [4.78, 5) is 0. The standard InChI is InChI=1S/C22H26F3NO/c1-5-27-14(3)7-11-19(24)22(25)17(12-20(26)16-8-9-16)21-13(2)6-10-18(23)15(21)4/h6,10,12,16,26H,3,5,7-9,11H2,1-2,4H3/b17-12-,22-19+,26-20?. The van der Waals surface area contributed by atoms with Gasteiger partial charge < -0.3 is 10.1 Å². The van der Waals surface area contributed by atoms with Crippen LogP contribution in [-0.4, -0.2) is 12.3 Å². The molecule has 5 heteroatoms. The van der Waals surface area contributed by atoms with Crippen molar-refractivity contribution >= 4 is 11.3 Å². The summed E-state index contributed by atoms with van der Waals surface area (Å²) in [7, 11) is 0. The van der Waals surface area contributed by atoms with Crippen molar-refractivity contribution in [2.24, 2.45) is 5.92 Å². The van der Waals surface area contributed by atoms with E-state index in [0.717, 1.165) is 12.8 Å². The van der Waals surface area contributed by atoms with Gasteiger partial charge in [0.1, 0.15) is 11.6 Å². The summed E-state index contributed by atoms with van der Waals surface area (Å²) < 4.78 is 48.9. The normalized spacial score (nSPS) is 15.4. The Kier molecular flexibility index (Phi) is 7.05. The van der Waals surface area contributed by atoms with Gasteiger partial charge in [-0.3, -0.25) is 0 Å². The monoisotopic (exact) mass is 377 g/mol. The Bertz CT molecular complexity index is 804. The number of hydrogen-bond donors (Lipinski definition) is 1. The SMILES string of the molecule is C=C(CC/C(F)=C(F)/C(=C\C(=N)C1CC1)c1c(C)ccc(F)c1C)OCC. The van der Waals surface area contributed by atoms with Gasteiger partial charge in [0, 0.05) is 30.0 Å². The summed E-state index contributed by atoms with van der Waals surface area (Å²) in [6, 6.07) is 2.84. The lowest BCUT2D eigenvalue weighted by molar-refractivity contribution is 0.218. The molecule has 2 rings (SSSR count). The van der Waals surface area contributed by atoms with Crippen LogP contribution in [0.1, 0.15) is 49.3 Å². The summed E-state index contributed by atoms with van der Waals surface area (Å²) in [6.07, 6.45) is 3.03. The topological polar surface area (TPSA) is 33.1 Å². The minimum atomic E-state index is -1.05. The average Bonchev–Trinajstić information content (AvgIpc) is 3.47. The van der Waals surface area contributed by atoms with Gasteiger partial charge in [0.25, 0.3) is 0 Å². The fraction of sp³-hybridized carbons (Fsp3) is 0.409. The Hall–Kier alpha value is -2.30. The number of aryl methyl sites for hydroxylation is 1. The third-order valence-corrected chi connectivity index (χ3v) is 4.64. The number of benzene rings is 1. The molecule has 2 nitrogen and oxygen atoms in total. The van der Waals surface area contributed by atoms with E-state index in [1.54, 1.807) is 13.8 Å². The second kappa shape index (κ2) is 9.07. The maximum Gasteiger partial charge on any atom is 0.162 e. The Morgan fingerprint density at radius 3 is 2.52 bits per heavy atom. The van der Waals surface area contributed by atoms with E-state index in [0.29, 0.717) is 23.5 Å². The number of ether oxygens (including phenoxy) is 1. The van der Waals surface area contributed by atoms with Crippen molar-refractivity contribution < 1.29 is 17.9 Å². The molecule has 1 aliphatic carbocycles. The quantitative estimate of drug-likeness (QED) is 0.289. The molecule has 0 heterocycles. The molecule has 1 saturated carbocycles. The van der Waals surface area contributed by atoms with E-state index in [2.05, 4.69) is 6.58 Å². The lowest BCUT2D eigenvalue weighted by Gasteiger charge is -2.15. The highest BCUT2D eigenvalue weighted by atomic mass is 19.2. The largest absolute Gasteiger partial charge is 0.499 e. The number of rotatable bonds is 9. The second-order valence-corrected chi connectivity index (χ2v) is 6.84. The van der Waals surface area contributed by atoms with Crippen molar-refractivity contribution in [1.29, 1.82) is 5.41 Å². The van der Waals surface area contributed by atoms with Gasteiger partial charge in [-0.25, -0.2) is 13.2 Å². The van der Waals surface area contributed by atoms with Crippen molar-refractivity contribution in [1.82, 2.24) is 0 Å². The van der Waals surface area contributed by atoms with E-state index in [1.807, 2.05) is 0 Å². The molecule has 0 aliphatic heterocycles. The van der Waals surface area contributed by atoms with E-state index in [-0.39, 0.29) is 35.6 Å². The first-order valence-corrected chi connectivity index (χ1v) is 9.17. The van der Waals surface area contributed by atoms with Crippen LogP contribution in [-0.2, 0) is 4.74 Å². The Morgan fingerprint density at radius 1 is 1.26 bits per heavy atom. The molecule has 0 saturated heterocycles. The zero-order chi connectivity index (χ0) is 20.1. The summed E-state index contributed by atoms with van der Waals surface area (Å²) >= 11 is 0. The lowest BCUT2D eigenvalue weighted by atomic mass is 9.92. The molecule has 0 amide bonds. The van der Waals surface area contributed by atoms with Gasteiger partial charge in [0.2, 0.25) is 0 Å². The van der Waals surface area contributed by atoms with Gasteiger partial charge >= 0.3 is 0 Å². The third kappa shape index (κ3) is 5.34. The molecule has 1 fully saturated rings. The van der Waals surface area contributed by atoms with Crippen LogP contribution in [0.3, 0.4) is 0 Å². The van der Waals surface area contributed by atoms with Crippen molar-refractivity contribution in [2.75, 3.05) is 6.61 Å². The van der Waals surface area contributed by atoms with Gasteiger partial charge in [-0.2, -0.15) is 0 Å². The van der Waals surface area contributed by atoms with Crippen LogP contribution in [0, 0.1) is 31.0 Å². The maximum absolute atomic E-state index is 15.1. The van der Waals surface area contributed by atoms with Gasteiger partial charge in [0.05, 0.1) is 12.4 Å². The summed E-state index contributed by atoms with van der Waals surface area (Å²) in [5.74, 6) is -2.04. The van der Waals surface area contributed by atoms with Gasteiger partial charge in [-0.1, -0.05) is 12.6 Å². The smallest absolute Gasteiger partial charge is 0.162 e. The minimum Gasteiger partial charge on any atom is -0.499 e. The lowest BCUT2D eigenvalue weighted by Crippen LogP contribution is -2.03. The molecule has 27 heavy (non-hydrogen) atoms. The fourth-order valence-corrected chi connectivity index (χ4v) is 2.93. The van der Waals surface area contributed by atoms with E-state index in [1.165, 1.54) is 25.1 Å². The molecule has 0 unspecified atom stereocenters. The number of hydrogen-bond acceptors (Lipinski definition) is 2. The van der Waals surface area contributed by atoms with Crippen LogP contribution in [0.4, 0.5) is 13.2 Å². The minimum absolute atomic E-state index is 0.0686. The molecule has 0 spiro atoms. The molecule has 0 radical (unpaired) electrons. The van der Waals surface area contributed by atoms with Crippen LogP contribution in [0.5, 0.6) is 0 Å². The number of halogens is 3. The molecular weight excluding hydrogens is 351 g/mol. The maximum atomic E-state index is 15.1. The average molecular weight is 377 g/mol.